The molecule has 4 heteroatoms. The Kier molecular flexibility index (Phi) is 7.45. The first kappa shape index (κ1) is 15.9. The summed E-state index contributed by atoms with van der Waals surface area (Å²) in [6.45, 7) is 2.76. The fourth-order valence-electron chi connectivity index (χ4n) is 1.98. The molecule has 0 fully saturated rings. The summed E-state index contributed by atoms with van der Waals surface area (Å²) in [6.07, 6.45) is 0. The van der Waals surface area contributed by atoms with Gasteiger partial charge in [-0.15, -0.1) is 0 Å². The number of aliphatic hydroxyl groups excluding tert-OH is 1. The molecule has 3 nitrogen and oxygen atoms in total. The van der Waals surface area contributed by atoms with Gasteiger partial charge in [-0.2, -0.15) is 0 Å². The summed E-state index contributed by atoms with van der Waals surface area (Å²) in [5.41, 5.74) is 1.30. The molecule has 2 rings (SSSR count). The highest BCUT2D eigenvalue weighted by Crippen LogP contribution is 2.17. The molecule has 0 radical (unpaired) electrons. The van der Waals surface area contributed by atoms with Crippen LogP contribution in [0.3, 0.4) is 0 Å². The van der Waals surface area contributed by atoms with Gasteiger partial charge < -0.3 is 27.6 Å². The monoisotopic (exact) mass is 280 g/mol. The minimum atomic E-state index is 0. The Bertz CT molecular complexity index is 485. The number of rotatable bonds is 7. The topological polar surface area (TPSA) is 41.5 Å². The number of hydrogen-bond acceptors (Lipinski definition) is 3. The highest BCUT2D eigenvalue weighted by Gasteiger charge is 1.99. The summed E-state index contributed by atoms with van der Waals surface area (Å²) in [4.78, 5) is 0. The van der Waals surface area contributed by atoms with E-state index in [-0.39, 0.29) is 19.0 Å². The third-order valence-electron chi connectivity index (χ3n) is 2.85. The van der Waals surface area contributed by atoms with Gasteiger partial charge in [0.2, 0.25) is 0 Å². The lowest BCUT2D eigenvalue weighted by Crippen LogP contribution is -3.00. The molecule has 0 atom stereocenters. The number of ether oxygens (including phenoxy) is 1. The zero-order valence-corrected chi connectivity index (χ0v) is 11.6. The lowest BCUT2D eigenvalue weighted by molar-refractivity contribution is -0.00000480. The molecule has 2 aromatic carbocycles. The molecule has 0 spiro atoms. The van der Waals surface area contributed by atoms with Crippen molar-refractivity contribution in [2.75, 3.05) is 26.4 Å². The number of fused-ring (bicyclic) bond motifs is 1. The third kappa shape index (κ3) is 4.80. The molecule has 0 aromatic heterocycles. The number of hydrogen-bond donors (Lipinski definition) is 2. The van der Waals surface area contributed by atoms with Gasteiger partial charge in [-0.05, 0) is 16.3 Å². The smallest absolute Gasteiger partial charge is 0.0698 e. The Morgan fingerprint density at radius 2 is 1.79 bits per heavy atom. The summed E-state index contributed by atoms with van der Waals surface area (Å²) in [7, 11) is 0. The van der Waals surface area contributed by atoms with E-state index >= 15 is 0 Å². The molecule has 0 aliphatic carbocycles. The van der Waals surface area contributed by atoms with Crippen LogP contribution in [-0.4, -0.2) is 31.5 Å². The number of nitrogens with one attached hydrogen (secondary N) is 1. The molecule has 2 aromatic rings. The van der Waals surface area contributed by atoms with Crippen LogP contribution in [0.25, 0.3) is 10.8 Å². The van der Waals surface area contributed by atoms with Crippen LogP contribution in [0.5, 0.6) is 0 Å². The van der Waals surface area contributed by atoms with Crippen LogP contribution >= 0.6 is 0 Å². The van der Waals surface area contributed by atoms with E-state index in [4.69, 9.17) is 9.84 Å². The maximum atomic E-state index is 8.57. The lowest BCUT2D eigenvalue weighted by atomic mass is 10.0. The summed E-state index contributed by atoms with van der Waals surface area (Å²) in [6, 6.07) is 14.8. The van der Waals surface area contributed by atoms with E-state index in [2.05, 4.69) is 47.8 Å². The van der Waals surface area contributed by atoms with Crippen LogP contribution in [0.2, 0.25) is 0 Å². The van der Waals surface area contributed by atoms with Crippen molar-refractivity contribution in [3.05, 3.63) is 48.0 Å². The molecule has 104 valence electrons. The maximum absolute atomic E-state index is 8.57. The van der Waals surface area contributed by atoms with E-state index in [1.54, 1.807) is 0 Å². The molecular weight excluding hydrogens is 262 g/mol. The quantitative estimate of drug-likeness (QED) is 0.636. The van der Waals surface area contributed by atoms with E-state index in [0.717, 1.165) is 13.1 Å². The largest absolute Gasteiger partial charge is 1.00 e. The number of aliphatic hydroxyl groups is 1. The molecule has 0 saturated carbocycles. The minimum Gasteiger partial charge on any atom is -1.00 e. The SMILES string of the molecule is OCCOCCNCc1cccc2ccccc12.[Cl-]. The van der Waals surface area contributed by atoms with Gasteiger partial charge in [0.25, 0.3) is 0 Å². The van der Waals surface area contributed by atoms with Crippen molar-refractivity contribution in [3.63, 3.8) is 0 Å². The zero-order chi connectivity index (χ0) is 12.6. The third-order valence-corrected chi connectivity index (χ3v) is 2.85. The molecule has 0 aliphatic heterocycles. The second-order valence-corrected chi connectivity index (χ2v) is 4.15. The molecule has 0 heterocycles. The van der Waals surface area contributed by atoms with E-state index < -0.39 is 0 Å². The van der Waals surface area contributed by atoms with Gasteiger partial charge in [-0.25, -0.2) is 0 Å². The normalized spacial score (nSPS) is 10.4. The number of benzene rings is 2. The van der Waals surface area contributed by atoms with Crippen molar-refractivity contribution < 1.29 is 22.3 Å². The molecule has 0 bridgehead atoms. The van der Waals surface area contributed by atoms with Gasteiger partial charge in [0.05, 0.1) is 19.8 Å². The predicted molar refractivity (Wildman–Crippen MR) is 73.6 cm³/mol. The Morgan fingerprint density at radius 1 is 1.00 bits per heavy atom. The standard InChI is InChI=1S/C15H19NO2.ClH/c17-9-11-18-10-8-16-12-14-6-3-5-13-4-1-2-7-15(13)14;/h1-7,16-17H,8-12H2;1H/p-1. The van der Waals surface area contributed by atoms with Gasteiger partial charge in [0, 0.05) is 13.1 Å². The van der Waals surface area contributed by atoms with Crippen LogP contribution < -0.4 is 17.7 Å². The highest BCUT2D eigenvalue weighted by atomic mass is 35.5. The fourth-order valence-corrected chi connectivity index (χ4v) is 1.98. The molecule has 0 unspecified atom stereocenters. The first-order chi connectivity index (χ1) is 8.92. The molecule has 0 aliphatic rings. The van der Waals surface area contributed by atoms with E-state index in [9.17, 15) is 0 Å². The van der Waals surface area contributed by atoms with Crippen LogP contribution in [0.1, 0.15) is 5.56 Å². The van der Waals surface area contributed by atoms with Crippen molar-refractivity contribution in [3.8, 4) is 0 Å². The van der Waals surface area contributed by atoms with Gasteiger partial charge in [-0.3, -0.25) is 0 Å². The Labute approximate surface area is 120 Å². The summed E-state index contributed by atoms with van der Waals surface area (Å²) in [5, 5.41) is 14.5. The van der Waals surface area contributed by atoms with Crippen LogP contribution in [0, 0.1) is 0 Å². The van der Waals surface area contributed by atoms with E-state index in [1.165, 1.54) is 16.3 Å². The van der Waals surface area contributed by atoms with Gasteiger partial charge in [0.1, 0.15) is 0 Å². The molecule has 2 N–H and O–H groups in total. The predicted octanol–water partition coefficient (Wildman–Crippen LogP) is -1.06. The maximum Gasteiger partial charge on any atom is 0.0698 e. The van der Waals surface area contributed by atoms with Crippen LogP contribution in [0.4, 0.5) is 0 Å². The second-order valence-electron chi connectivity index (χ2n) is 4.15. The van der Waals surface area contributed by atoms with Crippen LogP contribution in [0.15, 0.2) is 42.5 Å². The molecule has 0 saturated heterocycles. The average molecular weight is 281 g/mol. The summed E-state index contributed by atoms with van der Waals surface area (Å²) >= 11 is 0. The van der Waals surface area contributed by atoms with Crippen molar-refractivity contribution in [2.45, 2.75) is 6.54 Å². The first-order valence-corrected chi connectivity index (χ1v) is 6.28. The van der Waals surface area contributed by atoms with Gasteiger partial charge in [-0.1, -0.05) is 42.5 Å². The Hall–Kier alpha value is -1.13. The van der Waals surface area contributed by atoms with Crippen molar-refractivity contribution in [1.82, 2.24) is 5.32 Å². The zero-order valence-electron chi connectivity index (χ0n) is 10.8. The summed E-state index contributed by atoms with van der Waals surface area (Å²) < 4.78 is 5.20. The molecule has 0 amide bonds. The van der Waals surface area contributed by atoms with Gasteiger partial charge >= 0.3 is 0 Å². The highest BCUT2D eigenvalue weighted by molar-refractivity contribution is 5.85. The summed E-state index contributed by atoms with van der Waals surface area (Å²) in [5.74, 6) is 0. The molecule has 19 heavy (non-hydrogen) atoms. The van der Waals surface area contributed by atoms with Crippen molar-refractivity contribution in [1.29, 1.82) is 0 Å². The Balaban J connectivity index is 0.00000180. The average Bonchev–Trinajstić information content (AvgIpc) is 2.43. The van der Waals surface area contributed by atoms with Crippen molar-refractivity contribution >= 4 is 10.8 Å². The fraction of sp³-hybridized carbons (Fsp3) is 0.333. The second kappa shape index (κ2) is 8.88. The first-order valence-electron chi connectivity index (χ1n) is 6.28. The van der Waals surface area contributed by atoms with E-state index in [0.29, 0.717) is 13.2 Å². The van der Waals surface area contributed by atoms with E-state index in [1.807, 2.05) is 0 Å². The number of halogens is 1. The minimum absolute atomic E-state index is 0. The lowest BCUT2D eigenvalue weighted by Gasteiger charge is -2.08. The van der Waals surface area contributed by atoms with Crippen molar-refractivity contribution in [2.24, 2.45) is 0 Å². The molecular formula is C15H19ClNO2-. The van der Waals surface area contributed by atoms with Gasteiger partial charge in [0.15, 0.2) is 0 Å². The Morgan fingerprint density at radius 3 is 2.63 bits per heavy atom. The van der Waals surface area contributed by atoms with Crippen LogP contribution in [-0.2, 0) is 11.3 Å².